The number of hydrogen-bond acceptors (Lipinski definition) is 5. The van der Waals surface area contributed by atoms with Crippen LogP contribution in [0.4, 0.5) is 5.82 Å². The minimum absolute atomic E-state index is 0.468. The van der Waals surface area contributed by atoms with E-state index in [1.165, 1.54) is 0 Å². The van der Waals surface area contributed by atoms with E-state index >= 15 is 0 Å². The summed E-state index contributed by atoms with van der Waals surface area (Å²) in [5.74, 6) is 0.987. The molecule has 6 heteroatoms. The third-order valence-electron chi connectivity index (χ3n) is 2.94. The van der Waals surface area contributed by atoms with Crippen molar-refractivity contribution in [3.8, 4) is 0 Å². The number of aromatic nitrogens is 4. The maximum absolute atomic E-state index is 4.50. The number of nitrogens with one attached hydrogen (secondary N) is 1. The standard InChI is InChI=1S/C10H14N6/c1-8-6-11-4-5-15(8)10-3-2-9-13-12-7-16(9)14-10/h2-3,7-8,11H,4-6H2,1H3/t8-/m0/s1. The van der Waals surface area contributed by atoms with Crippen molar-refractivity contribution in [1.29, 1.82) is 0 Å². The summed E-state index contributed by atoms with van der Waals surface area (Å²) in [7, 11) is 0. The first kappa shape index (κ1) is 9.53. The molecule has 0 unspecified atom stereocenters. The van der Waals surface area contributed by atoms with Crippen molar-refractivity contribution in [2.75, 3.05) is 24.5 Å². The third kappa shape index (κ3) is 1.51. The maximum atomic E-state index is 4.50. The van der Waals surface area contributed by atoms with Gasteiger partial charge in [-0.15, -0.1) is 15.3 Å². The van der Waals surface area contributed by atoms with Gasteiger partial charge in [-0.3, -0.25) is 0 Å². The van der Waals surface area contributed by atoms with Crippen molar-refractivity contribution >= 4 is 11.5 Å². The van der Waals surface area contributed by atoms with Gasteiger partial charge in [0.15, 0.2) is 5.65 Å². The molecular formula is C10H14N6. The molecule has 0 aromatic carbocycles. The van der Waals surface area contributed by atoms with Gasteiger partial charge in [0.25, 0.3) is 0 Å². The Balaban J connectivity index is 1.97. The molecule has 1 atom stereocenters. The number of piperazine rings is 1. The predicted molar refractivity (Wildman–Crippen MR) is 60.5 cm³/mol. The smallest absolute Gasteiger partial charge is 0.177 e. The SMILES string of the molecule is C[C@H]1CNCCN1c1ccc2nncn2n1. The molecular weight excluding hydrogens is 204 g/mol. The quantitative estimate of drug-likeness (QED) is 0.725. The Bertz CT molecular complexity index is 493. The first-order valence-electron chi connectivity index (χ1n) is 5.49. The zero-order valence-corrected chi connectivity index (χ0v) is 9.17. The molecule has 0 radical (unpaired) electrons. The first-order chi connectivity index (χ1) is 7.84. The minimum Gasteiger partial charge on any atom is -0.350 e. The fourth-order valence-electron chi connectivity index (χ4n) is 2.05. The summed E-state index contributed by atoms with van der Waals surface area (Å²) in [6.45, 7) is 5.19. The molecule has 1 aliphatic heterocycles. The van der Waals surface area contributed by atoms with Gasteiger partial charge in [0.1, 0.15) is 12.1 Å². The van der Waals surface area contributed by atoms with Gasteiger partial charge in [0, 0.05) is 25.7 Å². The van der Waals surface area contributed by atoms with Gasteiger partial charge in [0.2, 0.25) is 0 Å². The lowest BCUT2D eigenvalue weighted by Gasteiger charge is -2.34. The number of hydrogen-bond donors (Lipinski definition) is 1. The van der Waals surface area contributed by atoms with Crippen molar-refractivity contribution in [3.05, 3.63) is 18.5 Å². The monoisotopic (exact) mass is 218 g/mol. The van der Waals surface area contributed by atoms with Crippen molar-refractivity contribution in [2.45, 2.75) is 13.0 Å². The molecule has 3 heterocycles. The van der Waals surface area contributed by atoms with E-state index in [1.807, 2.05) is 12.1 Å². The highest BCUT2D eigenvalue weighted by Crippen LogP contribution is 2.15. The van der Waals surface area contributed by atoms with Gasteiger partial charge in [-0.1, -0.05) is 0 Å². The Kier molecular flexibility index (Phi) is 2.21. The fourth-order valence-corrected chi connectivity index (χ4v) is 2.05. The van der Waals surface area contributed by atoms with Crippen LogP contribution in [0.5, 0.6) is 0 Å². The van der Waals surface area contributed by atoms with Crippen LogP contribution in [0.1, 0.15) is 6.92 Å². The van der Waals surface area contributed by atoms with Crippen LogP contribution in [0.3, 0.4) is 0 Å². The molecule has 1 aliphatic rings. The lowest BCUT2D eigenvalue weighted by molar-refractivity contribution is 0.495. The summed E-state index contributed by atoms with van der Waals surface area (Å²) in [5.41, 5.74) is 0.784. The van der Waals surface area contributed by atoms with E-state index < -0.39 is 0 Å². The second kappa shape index (κ2) is 3.71. The Hall–Kier alpha value is -1.69. The Morgan fingerprint density at radius 3 is 3.25 bits per heavy atom. The van der Waals surface area contributed by atoms with E-state index in [1.54, 1.807) is 10.8 Å². The zero-order valence-electron chi connectivity index (χ0n) is 9.17. The molecule has 0 aliphatic carbocycles. The second-order valence-electron chi connectivity index (χ2n) is 4.07. The number of rotatable bonds is 1. The Labute approximate surface area is 93.3 Å². The third-order valence-corrected chi connectivity index (χ3v) is 2.94. The highest BCUT2D eigenvalue weighted by molar-refractivity contribution is 5.46. The normalized spacial score (nSPS) is 21.6. The molecule has 84 valence electrons. The summed E-state index contributed by atoms with van der Waals surface area (Å²) in [5, 5.41) is 15.6. The molecule has 0 spiro atoms. The molecule has 2 aromatic heterocycles. The molecule has 0 bridgehead atoms. The minimum atomic E-state index is 0.468. The number of nitrogens with zero attached hydrogens (tertiary/aromatic N) is 5. The van der Waals surface area contributed by atoms with Crippen LogP contribution in [0.25, 0.3) is 5.65 Å². The van der Waals surface area contributed by atoms with Crippen LogP contribution in [-0.4, -0.2) is 45.5 Å². The Morgan fingerprint density at radius 2 is 2.38 bits per heavy atom. The summed E-state index contributed by atoms with van der Waals surface area (Å²) in [6, 6.07) is 4.42. The Morgan fingerprint density at radius 1 is 1.44 bits per heavy atom. The van der Waals surface area contributed by atoms with Crippen LogP contribution < -0.4 is 10.2 Å². The molecule has 2 aromatic rings. The largest absolute Gasteiger partial charge is 0.350 e. The number of anilines is 1. The van der Waals surface area contributed by atoms with Gasteiger partial charge in [-0.25, -0.2) is 0 Å². The van der Waals surface area contributed by atoms with Crippen LogP contribution in [0.15, 0.2) is 18.5 Å². The second-order valence-corrected chi connectivity index (χ2v) is 4.07. The van der Waals surface area contributed by atoms with Gasteiger partial charge in [-0.05, 0) is 19.1 Å². The van der Waals surface area contributed by atoms with Gasteiger partial charge >= 0.3 is 0 Å². The summed E-state index contributed by atoms with van der Waals surface area (Å²) in [6.07, 6.45) is 1.63. The van der Waals surface area contributed by atoms with E-state index in [4.69, 9.17) is 0 Å². The highest BCUT2D eigenvalue weighted by atomic mass is 15.4. The van der Waals surface area contributed by atoms with Crippen LogP contribution >= 0.6 is 0 Å². The van der Waals surface area contributed by atoms with Crippen molar-refractivity contribution in [1.82, 2.24) is 25.1 Å². The summed E-state index contributed by atoms with van der Waals surface area (Å²) in [4.78, 5) is 2.30. The summed E-state index contributed by atoms with van der Waals surface area (Å²) >= 11 is 0. The van der Waals surface area contributed by atoms with Crippen molar-refractivity contribution in [2.24, 2.45) is 0 Å². The first-order valence-corrected chi connectivity index (χ1v) is 5.49. The average Bonchev–Trinajstić information content (AvgIpc) is 2.76. The maximum Gasteiger partial charge on any atom is 0.177 e. The highest BCUT2D eigenvalue weighted by Gasteiger charge is 2.19. The molecule has 0 saturated carbocycles. The molecule has 1 N–H and O–H groups in total. The molecule has 0 amide bonds. The van der Waals surface area contributed by atoms with Crippen LogP contribution in [0.2, 0.25) is 0 Å². The van der Waals surface area contributed by atoms with E-state index in [0.717, 1.165) is 31.1 Å². The predicted octanol–water partition coefficient (Wildman–Crippen LogP) is -0.0776. The van der Waals surface area contributed by atoms with Crippen molar-refractivity contribution < 1.29 is 0 Å². The molecule has 1 fully saturated rings. The molecule has 6 nitrogen and oxygen atoms in total. The van der Waals surface area contributed by atoms with E-state index in [9.17, 15) is 0 Å². The number of fused-ring (bicyclic) bond motifs is 1. The van der Waals surface area contributed by atoms with Crippen LogP contribution in [-0.2, 0) is 0 Å². The lowest BCUT2D eigenvalue weighted by atomic mass is 10.2. The van der Waals surface area contributed by atoms with Gasteiger partial charge in [-0.2, -0.15) is 4.52 Å². The lowest BCUT2D eigenvalue weighted by Crippen LogP contribution is -2.50. The van der Waals surface area contributed by atoms with E-state index in [-0.39, 0.29) is 0 Å². The molecule has 3 rings (SSSR count). The summed E-state index contributed by atoms with van der Waals surface area (Å²) < 4.78 is 1.71. The van der Waals surface area contributed by atoms with Gasteiger partial charge in [0.05, 0.1) is 0 Å². The topological polar surface area (TPSA) is 58.3 Å². The zero-order chi connectivity index (χ0) is 11.0. The molecule has 16 heavy (non-hydrogen) atoms. The molecule has 1 saturated heterocycles. The van der Waals surface area contributed by atoms with Crippen LogP contribution in [0, 0.1) is 0 Å². The average molecular weight is 218 g/mol. The van der Waals surface area contributed by atoms with Crippen molar-refractivity contribution in [3.63, 3.8) is 0 Å². The van der Waals surface area contributed by atoms with Gasteiger partial charge < -0.3 is 10.2 Å². The fraction of sp³-hybridized carbons (Fsp3) is 0.500. The van der Waals surface area contributed by atoms with E-state index in [0.29, 0.717) is 6.04 Å². The van der Waals surface area contributed by atoms with E-state index in [2.05, 4.69) is 32.4 Å².